The molecule has 2 heterocycles. The fourth-order valence-electron chi connectivity index (χ4n) is 4.08. The number of dihydropyridines is 1. The Bertz CT molecular complexity index is 585. The predicted octanol–water partition coefficient (Wildman–Crippen LogP) is 1.45. The van der Waals surface area contributed by atoms with Gasteiger partial charge >= 0.3 is 0 Å². The Morgan fingerprint density at radius 3 is 2.12 bits per heavy atom. The van der Waals surface area contributed by atoms with Gasteiger partial charge in [0, 0.05) is 11.0 Å². The van der Waals surface area contributed by atoms with E-state index in [2.05, 4.69) is 31.4 Å². The fraction of sp³-hybridized carbons (Fsp3) is 0.684. The van der Waals surface area contributed by atoms with E-state index in [0.717, 1.165) is 25.7 Å². The molecule has 0 unspecified atom stereocenters. The van der Waals surface area contributed by atoms with E-state index in [1.165, 1.54) is 32.4 Å². The predicted molar refractivity (Wildman–Crippen MR) is 101 cm³/mol. The summed E-state index contributed by atoms with van der Waals surface area (Å²) in [6, 6.07) is 4.36. The Kier molecular flexibility index (Phi) is 6.70. The molecule has 0 atom stereocenters. The van der Waals surface area contributed by atoms with E-state index in [0.29, 0.717) is 27.9 Å². The van der Waals surface area contributed by atoms with Gasteiger partial charge in [0.15, 0.2) is 0 Å². The van der Waals surface area contributed by atoms with E-state index in [1.54, 1.807) is 4.90 Å². The van der Waals surface area contributed by atoms with Gasteiger partial charge in [-0.3, -0.25) is 0 Å². The van der Waals surface area contributed by atoms with Crippen LogP contribution in [-0.4, -0.2) is 20.1 Å². The summed E-state index contributed by atoms with van der Waals surface area (Å²) in [7, 11) is 2.28. The number of nitrogens with zero attached hydrogens (tertiary/aromatic N) is 2. The first-order chi connectivity index (χ1) is 11.9. The highest BCUT2D eigenvalue weighted by Crippen LogP contribution is 2.51. The SMILES string of the molecule is CC1CCC2(CC1)C(C#N)=C(N)NC([S-])=C2C#N.C[NH+]1CCCCC1. The lowest BCUT2D eigenvalue weighted by molar-refractivity contribution is -0.884. The monoisotopic (exact) mass is 359 g/mol. The lowest BCUT2D eigenvalue weighted by atomic mass is 9.62. The Balaban J connectivity index is 0.000000269. The van der Waals surface area contributed by atoms with E-state index < -0.39 is 5.41 Å². The second-order valence-corrected chi connectivity index (χ2v) is 8.03. The largest absolute Gasteiger partial charge is 0.761 e. The minimum atomic E-state index is -0.539. The number of nitrogens with two attached hydrogens (primary N) is 1. The molecule has 0 aromatic heterocycles. The quantitative estimate of drug-likeness (QED) is 0.570. The number of nitriles is 2. The molecular weight excluding hydrogens is 330 g/mol. The highest BCUT2D eigenvalue weighted by atomic mass is 32.1. The summed E-state index contributed by atoms with van der Waals surface area (Å²) in [5, 5.41) is 21.9. The highest BCUT2D eigenvalue weighted by molar-refractivity contribution is 7.63. The van der Waals surface area contributed by atoms with Crippen molar-refractivity contribution >= 4 is 12.6 Å². The van der Waals surface area contributed by atoms with Crippen LogP contribution in [0.25, 0.3) is 0 Å². The minimum absolute atomic E-state index is 0.316. The van der Waals surface area contributed by atoms with Crippen LogP contribution in [0.3, 0.4) is 0 Å². The molecule has 0 bridgehead atoms. The van der Waals surface area contributed by atoms with Crippen LogP contribution in [0, 0.1) is 34.0 Å². The average molecular weight is 360 g/mol. The van der Waals surface area contributed by atoms with Crippen LogP contribution in [0.2, 0.25) is 0 Å². The average Bonchev–Trinajstić information content (AvgIpc) is 2.59. The Morgan fingerprint density at radius 2 is 1.68 bits per heavy atom. The maximum atomic E-state index is 9.36. The van der Waals surface area contributed by atoms with Crippen molar-refractivity contribution in [2.45, 2.75) is 51.9 Å². The number of nitrogens with one attached hydrogen (secondary N) is 2. The lowest BCUT2D eigenvalue weighted by Gasteiger charge is -2.44. The van der Waals surface area contributed by atoms with Crippen molar-refractivity contribution in [3.05, 3.63) is 22.0 Å². The molecule has 5 nitrogen and oxygen atoms in total. The fourth-order valence-corrected chi connectivity index (χ4v) is 4.43. The first kappa shape index (κ1) is 19.6. The number of rotatable bonds is 0. The van der Waals surface area contributed by atoms with Crippen molar-refractivity contribution in [2.24, 2.45) is 17.1 Å². The van der Waals surface area contributed by atoms with E-state index >= 15 is 0 Å². The van der Waals surface area contributed by atoms with Crippen LogP contribution in [0.1, 0.15) is 51.9 Å². The second-order valence-electron chi connectivity index (χ2n) is 7.62. The Hall–Kier alpha value is -1.76. The van der Waals surface area contributed by atoms with E-state index in [9.17, 15) is 10.5 Å². The second kappa shape index (κ2) is 8.56. The number of quaternary nitrogens is 1. The van der Waals surface area contributed by atoms with Gasteiger partial charge < -0.3 is 28.6 Å². The van der Waals surface area contributed by atoms with Crippen molar-refractivity contribution < 1.29 is 4.90 Å². The molecule has 3 aliphatic rings. The molecule has 0 amide bonds. The molecule has 6 heteroatoms. The van der Waals surface area contributed by atoms with Gasteiger partial charge in [-0.2, -0.15) is 10.5 Å². The zero-order chi connectivity index (χ0) is 18.4. The molecule has 2 aliphatic heterocycles. The van der Waals surface area contributed by atoms with Gasteiger partial charge in [-0.25, -0.2) is 0 Å². The topological polar surface area (TPSA) is 90.1 Å². The molecule has 25 heavy (non-hydrogen) atoms. The summed E-state index contributed by atoms with van der Waals surface area (Å²) < 4.78 is 0. The molecular formula is C19H29N5S. The van der Waals surface area contributed by atoms with E-state index in [1.807, 2.05) is 0 Å². The van der Waals surface area contributed by atoms with Crippen molar-refractivity contribution in [1.29, 1.82) is 10.5 Å². The number of likely N-dealkylation sites (tertiary alicyclic amines) is 1. The van der Waals surface area contributed by atoms with Gasteiger partial charge in [0.25, 0.3) is 0 Å². The molecule has 1 saturated carbocycles. The van der Waals surface area contributed by atoms with Crippen LogP contribution >= 0.6 is 0 Å². The number of hydrogen-bond donors (Lipinski definition) is 3. The lowest BCUT2D eigenvalue weighted by Crippen LogP contribution is -3.09. The van der Waals surface area contributed by atoms with Crippen molar-refractivity contribution in [3.63, 3.8) is 0 Å². The molecule has 1 spiro atoms. The van der Waals surface area contributed by atoms with E-state index in [4.69, 9.17) is 18.4 Å². The molecule has 4 N–H and O–H groups in total. The molecule has 0 aromatic carbocycles. The summed E-state index contributed by atoms with van der Waals surface area (Å²) >= 11 is 5.19. The third-order valence-electron chi connectivity index (χ3n) is 5.76. The summed E-state index contributed by atoms with van der Waals surface area (Å²) in [4.78, 5) is 1.71. The third-order valence-corrected chi connectivity index (χ3v) is 6.07. The maximum Gasteiger partial charge on any atom is 0.114 e. The maximum absolute atomic E-state index is 9.36. The molecule has 3 rings (SSSR count). The summed E-state index contributed by atoms with van der Waals surface area (Å²) in [6.45, 7) is 5.00. The Morgan fingerprint density at radius 1 is 1.12 bits per heavy atom. The van der Waals surface area contributed by atoms with Gasteiger partial charge in [-0.15, -0.1) is 0 Å². The van der Waals surface area contributed by atoms with Crippen LogP contribution in [-0.2, 0) is 12.6 Å². The number of hydrogen-bond acceptors (Lipinski definition) is 5. The summed E-state index contributed by atoms with van der Waals surface area (Å²) in [6.07, 6.45) is 7.92. The Labute approximate surface area is 157 Å². The number of allylic oxidation sites excluding steroid dienone is 2. The van der Waals surface area contributed by atoms with Gasteiger partial charge in [-0.05, 0) is 50.9 Å². The summed E-state index contributed by atoms with van der Waals surface area (Å²) in [5.74, 6) is 0.941. The zero-order valence-corrected chi connectivity index (χ0v) is 16.1. The first-order valence-electron chi connectivity index (χ1n) is 9.25. The van der Waals surface area contributed by atoms with Crippen LogP contribution in [0.4, 0.5) is 0 Å². The van der Waals surface area contributed by atoms with Crippen molar-refractivity contribution in [2.75, 3.05) is 20.1 Å². The first-order valence-corrected chi connectivity index (χ1v) is 9.66. The molecule has 0 aromatic rings. The van der Waals surface area contributed by atoms with Crippen molar-refractivity contribution in [1.82, 2.24) is 5.32 Å². The van der Waals surface area contributed by atoms with Gasteiger partial charge in [-0.1, -0.05) is 12.0 Å². The van der Waals surface area contributed by atoms with E-state index in [-0.39, 0.29) is 0 Å². The molecule has 2 fully saturated rings. The molecule has 136 valence electrons. The summed E-state index contributed by atoms with van der Waals surface area (Å²) in [5.41, 5.74) is 6.33. The molecule has 1 saturated heterocycles. The molecule has 0 radical (unpaired) electrons. The highest BCUT2D eigenvalue weighted by Gasteiger charge is 2.44. The van der Waals surface area contributed by atoms with Gasteiger partial charge in [0.1, 0.15) is 5.82 Å². The van der Waals surface area contributed by atoms with Gasteiger partial charge in [0.05, 0.1) is 37.8 Å². The molecule has 1 aliphatic carbocycles. The number of piperidine rings is 1. The third kappa shape index (κ3) is 4.26. The minimum Gasteiger partial charge on any atom is -0.761 e. The van der Waals surface area contributed by atoms with Crippen molar-refractivity contribution in [3.8, 4) is 12.1 Å². The van der Waals surface area contributed by atoms with Crippen LogP contribution in [0.15, 0.2) is 22.0 Å². The smallest absolute Gasteiger partial charge is 0.114 e. The van der Waals surface area contributed by atoms with Crippen LogP contribution < -0.4 is 16.0 Å². The van der Waals surface area contributed by atoms with Gasteiger partial charge in [0.2, 0.25) is 0 Å². The normalized spacial score (nSPS) is 30.0. The standard InChI is InChI=1S/C13H16N4S.C6H13N/c1-8-2-4-13(5-3-8)9(6-14)11(16)17-12(18)10(13)7-15;1-7-5-3-2-4-6-7/h8,17-18H,2-5,16H2,1H3;2-6H2,1H3. The van der Waals surface area contributed by atoms with Crippen LogP contribution in [0.5, 0.6) is 0 Å². The zero-order valence-electron chi connectivity index (χ0n) is 15.3.